The van der Waals surface area contributed by atoms with Gasteiger partial charge in [0.15, 0.2) is 5.13 Å². The number of amides is 1. The Morgan fingerprint density at radius 2 is 2.00 bits per heavy atom. The highest BCUT2D eigenvalue weighted by molar-refractivity contribution is 7.14. The lowest BCUT2D eigenvalue weighted by Crippen LogP contribution is -2.23. The predicted octanol–water partition coefficient (Wildman–Crippen LogP) is 4.80. The number of nitrogens with zero attached hydrogens (tertiary/aromatic N) is 3. The summed E-state index contributed by atoms with van der Waals surface area (Å²) < 4.78 is 5.28. The number of aryl methyl sites for hydroxylation is 1. The molecule has 0 aliphatic carbocycles. The minimum Gasteiger partial charge on any atom is -0.455 e. The SMILES string of the molecule is CCc1ccccc1N(C(C)=O)c1nc(COC(=O)c2cccnc2Cl)cs1. The van der Waals surface area contributed by atoms with Crippen molar-refractivity contribution >= 4 is 45.6 Å². The number of anilines is 2. The third-order valence-electron chi connectivity index (χ3n) is 3.99. The Kier molecular flexibility index (Phi) is 6.38. The van der Waals surface area contributed by atoms with Gasteiger partial charge in [0.05, 0.1) is 16.9 Å². The first-order valence-electron chi connectivity index (χ1n) is 8.62. The molecule has 1 amide bonds. The maximum absolute atomic E-state index is 12.3. The maximum Gasteiger partial charge on any atom is 0.341 e. The van der Waals surface area contributed by atoms with E-state index in [1.807, 2.05) is 31.2 Å². The molecule has 0 spiro atoms. The standard InChI is InChI=1S/C20H18ClN3O3S/c1-3-14-7-4-5-9-17(14)24(13(2)25)20-23-15(12-28-20)11-27-19(26)16-8-6-10-22-18(16)21/h4-10,12H,3,11H2,1-2H3. The van der Waals surface area contributed by atoms with Gasteiger partial charge in [-0.25, -0.2) is 14.8 Å². The summed E-state index contributed by atoms with van der Waals surface area (Å²) in [5.41, 5.74) is 2.60. The van der Waals surface area contributed by atoms with Crippen molar-refractivity contribution in [2.75, 3.05) is 4.90 Å². The molecule has 2 aromatic heterocycles. The van der Waals surface area contributed by atoms with Crippen LogP contribution in [0.15, 0.2) is 48.0 Å². The van der Waals surface area contributed by atoms with Crippen LogP contribution in [0.25, 0.3) is 0 Å². The fraction of sp³-hybridized carbons (Fsp3) is 0.200. The Morgan fingerprint density at radius 3 is 2.71 bits per heavy atom. The van der Waals surface area contributed by atoms with Crippen LogP contribution in [0.1, 0.15) is 35.5 Å². The Bertz CT molecular complexity index is 1010. The summed E-state index contributed by atoms with van der Waals surface area (Å²) in [6.45, 7) is 3.51. The summed E-state index contributed by atoms with van der Waals surface area (Å²) >= 11 is 7.22. The van der Waals surface area contributed by atoms with Crippen molar-refractivity contribution in [2.45, 2.75) is 26.9 Å². The van der Waals surface area contributed by atoms with Gasteiger partial charge in [0.1, 0.15) is 11.8 Å². The molecule has 0 fully saturated rings. The maximum atomic E-state index is 12.3. The number of benzene rings is 1. The lowest BCUT2D eigenvalue weighted by atomic mass is 10.1. The van der Waals surface area contributed by atoms with Crippen LogP contribution < -0.4 is 4.90 Å². The van der Waals surface area contributed by atoms with Gasteiger partial charge in [-0.3, -0.25) is 9.69 Å². The average Bonchev–Trinajstić information content (AvgIpc) is 3.15. The third-order valence-corrected chi connectivity index (χ3v) is 5.17. The zero-order chi connectivity index (χ0) is 20.1. The van der Waals surface area contributed by atoms with Crippen molar-refractivity contribution in [3.05, 3.63) is 69.9 Å². The number of carbonyl (C=O) groups is 2. The minimum absolute atomic E-state index is 0.0261. The van der Waals surface area contributed by atoms with Crippen molar-refractivity contribution in [3.63, 3.8) is 0 Å². The molecule has 3 rings (SSSR count). The second kappa shape index (κ2) is 8.95. The summed E-state index contributed by atoms with van der Waals surface area (Å²) in [5, 5.41) is 2.38. The molecule has 8 heteroatoms. The summed E-state index contributed by atoms with van der Waals surface area (Å²) in [7, 11) is 0. The van der Waals surface area contributed by atoms with E-state index < -0.39 is 5.97 Å². The van der Waals surface area contributed by atoms with Crippen LogP contribution in [0.5, 0.6) is 0 Å². The van der Waals surface area contributed by atoms with Gasteiger partial charge in [0, 0.05) is 18.5 Å². The van der Waals surface area contributed by atoms with E-state index in [0.29, 0.717) is 10.8 Å². The molecule has 0 bridgehead atoms. The molecule has 0 saturated carbocycles. The normalized spacial score (nSPS) is 10.5. The number of pyridine rings is 1. The molecule has 0 radical (unpaired) electrons. The zero-order valence-corrected chi connectivity index (χ0v) is 17.0. The van der Waals surface area contributed by atoms with Crippen LogP contribution in [-0.4, -0.2) is 21.8 Å². The van der Waals surface area contributed by atoms with E-state index in [4.69, 9.17) is 16.3 Å². The Balaban J connectivity index is 1.77. The van der Waals surface area contributed by atoms with E-state index in [0.717, 1.165) is 17.7 Å². The fourth-order valence-electron chi connectivity index (χ4n) is 2.66. The number of hydrogen-bond donors (Lipinski definition) is 0. The van der Waals surface area contributed by atoms with E-state index in [9.17, 15) is 9.59 Å². The molecule has 0 aliphatic rings. The predicted molar refractivity (Wildman–Crippen MR) is 109 cm³/mol. The molecule has 144 valence electrons. The van der Waals surface area contributed by atoms with E-state index in [2.05, 4.69) is 9.97 Å². The number of thiazole rings is 1. The average molecular weight is 416 g/mol. The Labute approximate surface area is 171 Å². The molecule has 1 aromatic carbocycles. The Hall–Kier alpha value is -2.77. The number of aromatic nitrogens is 2. The molecule has 3 aromatic rings. The molecule has 2 heterocycles. The van der Waals surface area contributed by atoms with Gasteiger partial charge in [0.2, 0.25) is 5.91 Å². The van der Waals surface area contributed by atoms with Crippen molar-refractivity contribution in [3.8, 4) is 0 Å². The van der Waals surface area contributed by atoms with Crippen molar-refractivity contribution < 1.29 is 14.3 Å². The van der Waals surface area contributed by atoms with Crippen LogP contribution in [0, 0.1) is 0 Å². The summed E-state index contributed by atoms with van der Waals surface area (Å²) in [5.74, 6) is -0.715. The first kappa shape index (κ1) is 20.0. The zero-order valence-electron chi connectivity index (χ0n) is 15.4. The molecule has 0 aliphatic heterocycles. The van der Waals surface area contributed by atoms with Gasteiger partial charge in [-0.2, -0.15) is 0 Å². The highest BCUT2D eigenvalue weighted by Crippen LogP contribution is 2.32. The fourth-order valence-corrected chi connectivity index (χ4v) is 3.72. The van der Waals surface area contributed by atoms with E-state index in [1.165, 1.54) is 24.5 Å². The quantitative estimate of drug-likeness (QED) is 0.427. The largest absolute Gasteiger partial charge is 0.455 e. The van der Waals surface area contributed by atoms with Crippen LogP contribution >= 0.6 is 22.9 Å². The lowest BCUT2D eigenvalue weighted by molar-refractivity contribution is -0.115. The molecule has 0 atom stereocenters. The van der Waals surface area contributed by atoms with Crippen LogP contribution in [-0.2, 0) is 22.6 Å². The second-order valence-corrected chi connectivity index (χ2v) is 7.07. The molecular weight excluding hydrogens is 398 g/mol. The first-order valence-corrected chi connectivity index (χ1v) is 9.87. The van der Waals surface area contributed by atoms with Gasteiger partial charge in [0.25, 0.3) is 0 Å². The molecule has 6 nitrogen and oxygen atoms in total. The summed E-state index contributed by atoms with van der Waals surface area (Å²) in [6, 6.07) is 10.9. The van der Waals surface area contributed by atoms with E-state index >= 15 is 0 Å². The van der Waals surface area contributed by atoms with Crippen molar-refractivity contribution in [1.82, 2.24) is 9.97 Å². The van der Waals surface area contributed by atoms with Gasteiger partial charge < -0.3 is 4.74 Å². The summed E-state index contributed by atoms with van der Waals surface area (Å²) in [4.78, 5) is 34.4. The molecule has 0 N–H and O–H groups in total. The number of para-hydroxylation sites is 1. The lowest BCUT2D eigenvalue weighted by Gasteiger charge is -2.20. The van der Waals surface area contributed by atoms with Gasteiger partial charge in [-0.05, 0) is 30.2 Å². The van der Waals surface area contributed by atoms with Crippen LogP contribution in [0.4, 0.5) is 10.8 Å². The number of ether oxygens (including phenoxy) is 1. The Morgan fingerprint density at radius 1 is 1.21 bits per heavy atom. The number of halogens is 1. The van der Waals surface area contributed by atoms with Crippen molar-refractivity contribution in [2.24, 2.45) is 0 Å². The minimum atomic E-state index is -0.576. The molecule has 0 saturated heterocycles. The third kappa shape index (κ3) is 4.37. The summed E-state index contributed by atoms with van der Waals surface area (Å²) in [6.07, 6.45) is 2.29. The number of carbonyl (C=O) groups excluding carboxylic acids is 2. The van der Waals surface area contributed by atoms with E-state index in [1.54, 1.807) is 22.4 Å². The molecule has 28 heavy (non-hydrogen) atoms. The monoisotopic (exact) mass is 415 g/mol. The number of esters is 1. The highest BCUT2D eigenvalue weighted by Gasteiger charge is 2.20. The number of hydrogen-bond acceptors (Lipinski definition) is 6. The van der Waals surface area contributed by atoms with Gasteiger partial charge >= 0.3 is 5.97 Å². The molecular formula is C20H18ClN3O3S. The van der Waals surface area contributed by atoms with Crippen molar-refractivity contribution in [1.29, 1.82) is 0 Å². The van der Waals surface area contributed by atoms with E-state index in [-0.39, 0.29) is 23.2 Å². The second-order valence-electron chi connectivity index (χ2n) is 5.88. The first-order chi connectivity index (χ1) is 13.5. The van der Waals surface area contributed by atoms with Gasteiger partial charge in [-0.1, -0.05) is 36.7 Å². The highest BCUT2D eigenvalue weighted by atomic mass is 35.5. The van der Waals surface area contributed by atoms with Crippen LogP contribution in [0.2, 0.25) is 5.15 Å². The van der Waals surface area contributed by atoms with Crippen LogP contribution in [0.3, 0.4) is 0 Å². The molecule has 0 unspecified atom stereocenters. The topological polar surface area (TPSA) is 72.4 Å². The number of rotatable bonds is 6. The smallest absolute Gasteiger partial charge is 0.341 e. The van der Waals surface area contributed by atoms with Gasteiger partial charge in [-0.15, -0.1) is 11.3 Å².